The van der Waals surface area contributed by atoms with E-state index >= 15 is 0 Å². The zero-order chi connectivity index (χ0) is 57.5. The van der Waals surface area contributed by atoms with Gasteiger partial charge >= 0.3 is 6.09 Å². The number of amides is 7. The fourth-order valence-corrected chi connectivity index (χ4v) is 11.5. The van der Waals surface area contributed by atoms with Crippen molar-refractivity contribution in [3.8, 4) is 10.4 Å². The molecule has 7 N–H and O–H groups in total. The smallest absolute Gasteiger partial charge is 0.408 e. The topological polar surface area (TPSA) is 252 Å². The van der Waals surface area contributed by atoms with Gasteiger partial charge < -0.3 is 46.5 Å². The number of primary amides is 1. The van der Waals surface area contributed by atoms with Crippen molar-refractivity contribution < 1.29 is 48.1 Å². The first kappa shape index (κ1) is 60.0. The van der Waals surface area contributed by atoms with Gasteiger partial charge in [0, 0.05) is 32.2 Å². The molecule has 1 aromatic heterocycles. The summed E-state index contributed by atoms with van der Waals surface area (Å²) in [5.74, 6) is -2.40. The molecule has 3 aliphatic heterocycles. The summed E-state index contributed by atoms with van der Waals surface area (Å²) in [5, 5.41) is 22.6. The van der Waals surface area contributed by atoms with E-state index in [2.05, 4.69) is 32.3 Å². The molecule has 3 aromatic carbocycles. The quantitative estimate of drug-likeness (QED) is 0.0465. The van der Waals surface area contributed by atoms with Crippen LogP contribution in [-0.2, 0) is 64.1 Å². The number of rotatable bonds is 21. The van der Waals surface area contributed by atoms with Crippen LogP contribution in [0, 0.1) is 19.3 Å². The molecule has 0 radical (unpaired) electrons. The fraction of sp³-hybridized carbons (Fsp3) is 0.533. The number of carbonyl (C=O) groups excluding carboxylic acids is 7. The van der Waals surface area contributed by atoms with Crippen LogP contribution < -0.4 is 31.9 Å². The summed E-state index contributed by atoms with van der Waals surface area (Å²) >= 11 is 1.57. The van der Waals surface area contributed by atoms with Gasteiger partial charge in [-0.3, -0.25) is 33.7 Å². The van der Waals surface area contributed by atoms with Crippen molar-refractivity contribution in [2.45, 2.75) is 194 Å². The minimum atomic E-state index is -0.932. The lowest BCUT2D eigenvalue weighted by molar-refractivity contribution is -0.144. The van der Waals surface area contributed by atoms with Crippen LogP contribution in [0.5, 0.6) is 0 Å². The Morgan fingerprint density at radius 3 is 2.25 bits per heavy atom. The number of nitrogens with two attached hydrogens (primary N) is 1. The SMILES string of the molecule is Cc1cc(CCCCC(=O)NC(C(=O)N2C[C@H](O)C[C@H]2C(=O)N[C@@H](C)c2ccc(-c3scnc3C)cc2)C(C)(C)C)ccc1CO[C@H](C)[C@H](CCC(N)=O)NC(=O)[C@@H]1Cc2cccc3c2N1C(=O)[C@@H](NC(=O)OC(C)(C)C)CC3. The Balaban J connectivity index is 0.895. The van der Waals surface area contributed by atoms with Crippen molar-refractivity contribution in [1.29, 1.82) is 0 Å². The third kappa shape index (κ3) is 15.4. The van der Waals surface area contributed by atoms with Crippen LogP contribution in [0.25, 0.3) is 10.4 Å². The van der Waals surface area contributed by atoms with Gasteiger partial charge in [-0.25, -0.2) is 9.78 Å². The number of carbonyl (C=O) groups is 7. The zero-order valence-electron chi connectivity index (χ0n) is 47.4. The summed E-state index contributed by atoms with van der Waals surface area (Å²) in [4.78, 5) is 103. The number of aromatic nitrogens is 1. The number of aliphatic hydroxyl groups is 1. The molecule has 0 saturated carbocycles. The van der Waals surface area contributed by atoms with Gasteiger partial charge in [0.1, 0.15) is 29.8 Å². The van der Waals surface area contributed by atoms with Gasteiger partial charge in [-0.1, -0.05) is 81.4 Å². The van der Waals surface area contributed by atoms with E-state index in [1.165, 1.54) is 9.80 Å². The normalized spacial score (nSPS) is 19.6. The Morgan fingerprint density at radius 1 is 0.886 bits per heavy atom. The van der Waals surface area contributed by atoms with Crippen molar-refractivity contribution in [1.82, 2.24) is 31.2 Å². The summed E-state index contributed by atoms with van der Waals surface area (Å²) in [6.07, 6.45) is 1.42. The minimum Gasteiger partial charge on any atom is -0.444 e. The predicted molar refractivity (Wildman–Crippen MR) is 303 cm³/mol. The number of ether oxygens (including phenoxy) is 2. The Kier molecular flexibility index (Phi) is 19.4. The van der Waals surface area contributed by atoms with E-state index in [1.807, 2.05) is 109 Å². The molecule has 1 fully saturated rings. The number of hydrogen-bond acceptors (Lipinski definition) is 12. The number of nitrogens with one attached hydrogen (secondary N) is 4. The molecule has 426 valence electrons. The zero-order valence-corrected chi connectivity index (χ0v) is 48.2. The van der Waals surface area contributed by atoms with Crippen LogP contribution in [-0.4, -0.2) is 111 Å². The number of anilines is 1. The van der Waals surface area contributed by atoms with Gasteiger partial charge in [0.15, 0.2) is 0 Å². The van der Waals surface area contributed by atoms with Crippen molar-refractivity contribution in [3.63, 3.8) is 0 Å². The third-order valence-corrected chi connectivity index (χ3v) is 16.1. The Morgan fingerprint density at radius 2 is 1.59 bits per heavy atom. The molecular formula is C60H80N8O10S. The molecule has 7 rings (SSSR count). The highest BCUT2D eigenvalue weighted by Gasteiger charge is 2.46. The first-order valence-corrected chi connectivity index (χ1v) is 28.5. The van der Waals surface area contributed by atoms with E-state index in [-0.39, 0.29) is 63.1 Å². The number of nitrogens with zero attached hydrogens (tertiary/aromatic N) is 3. The van der Waals surface area contributed by atoms with Crippen LogP contribution in [0.1, 0.15) is 145 Å². The monoisotopic (exact) mass is 1100 g/mol. The minimum absolute atomic E-state index is 0.000782. The highest BCUT2D eigenvalue weighted by atomic mass is 32.1. The molecule has 0 bridgehead atoms. The van der Waals surface area contributed by atoms with E-state index in [1.54, 1.807) is 32.1 Å². The van der Waals surface area contributed by atoms with E-state index in [0.717, 1.165) is 49.5 Å². The largest absolute Gasteiger partial charge is 0.444 e. The van der Waals surface area contributed by atoms with Gasteiger partial charge in [-0.05, 0) is 131 Å². The molecule has 4 aromatic rings. The summed E-state index contributed by atoms with van der Waals surface area (Å²) in [6, 6.07) is 15.1. The van der Waals surface area contributed by atoms with Crippen LogP contribution in [0.15, 0.2) is 66.2 Å². The second-order valence-electron chi connectivity index (χ2n) is 23.6. The summed E-state index contributed by atoms with van der Waals surface area (Å²) in [5.41, 5.74) is 14.3. The lowest BCUT2D eigenvalue weighted by atomic mass is 9.85. The van der Waals surface area contributed by atoms with E-state index in [4.69, 9.17) is 15.2 Å². The molecule has 19 heteroatoms. The number of likely N-dealkylation sites (tertiary alicyclic amines) is 1. The van der Waals surface area contributed by atoms with E-state index in [0.29, 0.717) is 37.8 Å². The molecule has 8 atom stereocenters. The summed E-state index contributed by atoms with van der Waals surface area (Å²) < 4.78 is 11.8. The lowest BCUT2D eigenvalue weighted by Crippen LogP contribution is -2.57. The predicted octanol–water partition coefficient (Wildman–Crippen LogP) is 6.96. The molecule has 3 aliphatic rings. The maximum atomic E-state index is 14.3. The standard InChI is InChI=1S/C60H80N8O10S/c1-34-28-38(14-11-12-17-50(71)66-53(59(5,6)7)57(75)67-31-44(69)30-47(67)54(72)63-35(2)39-20-22-41(23-21-39)52-36(3)62-33-79-52)18-19-43(34)32-77-37(4)45(26-27-49(61)70)64-55(73)48-29-42-16-13-15-40-24-25-46(56(74)68(48)51(40)42)65-58(76)78-60(8,9)10/h13,15-16,18-23,28,33,35,37,44-48,53,69H,11-12,14,17,24-27,29-32H2,1-10H3,(H2,61,70)(H,63,72)(H,64,73)(H,65,76)(H,66,71)/t35-,37+,44+,45-,46-,47-,48-,53?/m0/s1. The maximum absolute atomic E-state index is 14.3. The Bertz CT molecular complexity index is 2880. The van der Waals surface area contributed by atoms with Gasteiger partial charge in [0.25, 0.3) is 0 Å². The van der Waals surface area contributed by atoms with Crippen molar-refractivity contribution in [2.75, 3.05) is 11.4 Å². The van der Waals surface area contributed by atoms with Gasteiger partial charge in [-0.2, -0.15) is 0 Å². The van der Waals surface area contributed by atoms with Crippen molar-refractivity contribution in [3.05, 3.63) is 105 Å². The summed E-state index contributed by atoms with van der Waals surface area (Å²) in [7, 11) is 0. The van der Waals surface area contributed by atoms with E-state index < -0.39 is 83.2 Å². The molecule has 7 amide bonds. The number of aryl methyl sites for hydroxylation is 4. The maximum Gasteiger partial charge on any atom is 0.408 e. The second kappa shape index (κ2) is 25.6. The molecule has 0 spiro atoms. The number of alkyl carbamates (subject to hydrolysis) is 1. The molecule has 1 unspecified atom stereocenters. The average molecular weight is 1110 g/mol. The number of hydrogen-bond donors (Lipinski definition) is 6. The highest BCUT2D eigenvalue weighted by Crippen LogP contribution is 2.39. The number of benzene rings is 3. The number of unbranched alkanes of at least 4 members (excludes halogenated alkanes) is 1. The molecule has 0 aliphatic carbocycles. The van der Waals surface area contributed by atoms with Gasteiger partial charge in [-0.15, -0.1) is 11.3 Å². The molecule has 1 saturated heterocycles. The lowest BCUT2D eigenvalue weighted by Gasteiger charge is -2.35. The van der Waals surface area contributed by atoms with Crippen LogP contribution in [0.2, 0.25) is 0 Å². The Labute approximate surface area is 468 Å². The molecule has 79 heavy (non-hydrogen) atoms. The van der Waals surface area contributed by atoms with Crippen LogP contribution >= 0.6 is 11.3 Å². The number of β-amino-alcohol motifs (C(OH)–C–C–N with tert-alkyl or cyclic N) is 1. The average Bonchev–Trinajstić information content (AvgIpc) is 4.33. The van der Waals surface area contributed by atoms with Gasteiger partial charge in [0.05, 0.1) is 52.7 Å². The number of thiazole rings is 1. The van der Waals surface area contributed by atoms with Crippen LogP contribution in [0.4, 0.5) is 10.5 Å². The van der Waals surface area contributed by atoms with Crippen LogP contribution in [0.3, 0.4) is 0 Å². The first-order chi connectivity index (χ1) is 37.3. The Hall–Kier alpha value is -6.70. The molecular weight excluding hydrogens is 1020 g/mol. The number of para-hydroxylation sites is 1. The van der Waals surface area contributed by atoms with E-state index in [9.17, 15) is 38.7 Å². The van der Waals surface area contributed by atoms with Gasteiger partial charge in [0.2, 0.25) is 35.4 Å². The third-order valence-electron chi connectivity index (χ3n) is 15.1. The highest BCUT2D eigenvalue weighted by molar-refractivity contribution is 7.13. The first-order valence-electron chi connectivity index (χ1n) is 27.6. The number of aliphatic hydroxyl groups excluding tert-OH is 1. The second-order valence-corrected chi connectivity index (χ2v) is 24.4. The fourth-order valence-electron chi connectivity index (χ4n) is 10.7. The molecule has 4 heterocycles. The summed E-state index contributed by atoms with van der Waals surface area (Å²) in [6.45, 7) is 18.7. The van der Waals surface area contributed by atoms with Crippen molar-refractivity contribution >= 4 is 58.6 Å². The van der Waals surface area contributed by atoms with Crippen molar-refractivity contribution in [2.24, 2.45) is 11.1 Å². The molecule has 18 nitrogen and oxygen atoms in total.